The lowest BCUT2D eigenvalue weighted by Crippen LogP contribution is -2.32. The Balaban J connectivity index is 1.46. The van der Waals surface area contributed by atoms with Crippen LogP contribution in [-0.4, -0.2) is 27.5 Å². The number of thioether (sulfide) groups is 1. The van der Waals surface area contributed by atoms with Gasteiger partial charge in [0, 0.05) is 12.6 Å². The first-order chi connectivity index (χ1) is 15.1. The minimum atomic E-state index is -0.393. The fourth-order valence-corrected chi connectivity index (χ4v) is 5.48. The lowest BCUT2D eigenvalue weighted by molar-refractivity contribution is 0.0134. The molecule has 1 saturated heterocycles. The van der Waals surface area contributed by atoms with Crippen molar-refractivity contribution >= 4 is 34.4 Å². The zero-order valence-corrected chi connectivity index (χ0v) is 19.8. The lowest BCUT2D eigenvalue weighted by atomic mass is 10.1. The number of benzene rings is 2. The minimum absolute atomic E-state index is 0.0672. The molecule has 6 nitrogen and oxygen atoms in total. The summed E-state index contributed by atoms with van der Waals surface area (Å²) in [5, 5.41) is -0.0436. The fourth-order valence-electron chi connectivity index (χ4n) is 3.52. The molecule has 1 fully saturated rings. The standard InChI is InChI=1S/C23H23IN2O4S/c24-18-12-26(23(28)25-22(18)27)21-11-19(30-14-17-9-5-2-6-10-17)20(31-21)15-29-13-16-7-3-1-4-8-16/h1-10,12,19-21H,11,13-15H2,(H,25,27,28)/t19-,20-,21+/m0/s1. The Kier molecular flexibility index (Phi) is 7.65. The van der Waals surface area contributed by atoms with E-state index in [-0.39, 0.29) is 22.3 Å². The van der Waals surface area contributed by atoms with Gasteiger partial charge in [-0.25, -0.2) is 4.79 Å². The van der Waals surface area contributed by atoms with Crippen LogP contribution in [0.3, 0.4) is 0 Å². The topological polar surface area (TPSA) is 73.3 Å². The molecule has 2 heterocycles. The Bertz CT molecular complexity index is 1100. The maximum absolute atomic E-state index is 12.4. The van der Waals surface area contributed by atoms with Crippen molar-refractivity contribution in [2.45, 2.75) is 36.4 Å². The van der Waals surface area contributed by atoms with E-state index in [0.29, 0.717) is 29.8 Å². The van der Waals surface area contributed by atoms with Crippen LogP contribution in [0.25, 0.3) is 0 Å². The van der Waals surface area contributed by atoms with E-state index in [2.05, 4.69) is 4.98 Å². The van der Waals surface area contributed by atoms with Gasteiger partial charge in [-0.1, -0.05) is 60.7 Å². The number of halogens is 1. The van der Waals surface area contributed by atoms with E-state index >= 15 is 0 Å². The van der Waals surface area contributed by atoms with Gasteiger partial charge in [-0.05, 0) is 33.7 Å². The molecular formula is C23H23IN2O4S. The third-order valence-electron chi connectivity index (χ3n) is 5.12. The first-order valence-corrected chi connectivity index (χ1v) is 12.1. The van der Waals surface area contributed by atoms with Crippen molar-refractivity contribution in [2.24, 2.45) is 0 Å². The molecule has 1 aliphatic heterocycles. The Morgan fingerprint density at radius 1 is 1.00 bits per heavy atom. The zero-order chi connectivity index (χ0) is 21.6. The van der Waals surface area contributed by atoms with Crippen LogP contribution in [0.2, 0.25) is 0 Å². The van der Waals surface area contributed by atoms with Crippen LogP contribution in [0, 0.1) is 3.57 Å². The van der Waals surface area contributed by atoms with E-state index in [9.17, 15) is 9.59 Å². The van der Waals surface area contributed by atoms with Crippen LogP contribution in [0.4, 0.5) is 0 Å². The quantitative estimate of drug-likeness (QED) is 0.431. The third kappa shape index (κ3) is 5.88. The maximum Gasteiger partial charge on any atom is 0.329 e. The summed E-state index contributed by atoms with van der Waals surface area (Å²) in [5.41, 5.74) is 1.48. The van der Waals surface area contributed by atoms with Gasteiger partial charge in [0.15, 0.2) is 0 Å². The molecule has 0 spiro atoms. The largest absolute Gasteiger partial charge is 0.376 e. The molecule has 162 valence electrons. The van der Waals surface area contributed by atoms with Crippen molar-refractivity contribution in [3.8, 4) is 0 Å². The highest BCUT2D eigenvalue weighted by molar-refractivity contribution is 14.1. The van der Waals surface area contributed by atoms with Crippen molar-refractivity contribution in [1.82, 2.24) is 9.55 Å². The molecule has 3 aromatic rings. The maximum atomic E-state index is 12.4. The number of aromatic nitrogens is 2. The van der Waals surface area contributed by atoms with E-state index in [4.69, 9.17) is 9.47 Å². The first-order valence-electron chi connectivity index (χ1n) is 10.0. The van der Waals surface area contributed by atoms with Crippen molar-refractivity contribution in [3.05, 3.63) is 102 Å². The number of rotatable bonds is 8. The molecule has 4 rings (SSSR count). The predicted molar refractivity (Wildman–Crippen MR) is 130 cm³/mol. The van der Waals surface area contributed by atoms with Gasteiger partial charge in [-0.2, -0.15) is 0 Å². The summed E-state index contributed by atoms with van der Waals surface area (Å²) in [4.78, 5) is 26.5. The molecule has 0 aliphatic carbocycles. The molecule has 1 aliphatic rings. The molecule has 3 atom stereocenters. The van der Waals surface area contributed by atoms with Crippen LogP contribution >= 0.6 is 34.4 Å². The highest BCUT2D eigenvalue weighted by atomic mass is 127. The van der Waals surface area contributed by atoms with Gasteiger partial charge < -0.3 is 9.47 Å². The molecule has 2 aromatic carbocycles. The van der Waals surface area contributed by atoms with Gasteiger partial charge in [0.25, 0.3) is 5.56 Å². The Morgan fingerprint density at radius 3 is 2.32 bits per heavy atom. The summed E-state index contributed by atoms with van der Waals surface area (Å²) in [6, 6.07) is 20.1. The van der Waals surface area contributed by atoms with E-state index in [1.807, 2.05) is 83.3 Å². The van der Waals surface area contributed by atoms with Crippen molar-refractivity contribution in [1.29, 1.82) is 0 Å². The Labute approximate surface area is 198 Å². The molecule has 0 bridgehead atoms. The number of nitrogens with zero attached hydrogens (tertiary/aromatic N) is 1. The second kappa shape index (κ2) is 10.6. The molecule has 0 amide bonds. The summed E-state index contributed by atoms with van der Waals surface area (Å²) in [7, 11) is 0. The van der Waals surface area contributed by atoms with Gasteiger partial charge in [0.2, 0.25) is 0 Å². The summed E-state index contributed by atoms with van der Waals surface area (Å²) >= 11 is 3.61. The van der Waals surface area contributed by atoms with Crippen molar-refractivity contribution in [2.75, 3.05) is 6.61 Å². The smallest absolute Gasteiger partial charge is 0.329 e. The lowest BCUT2D eigenvalue weighted by Gasteiger charge is -2.19. The normalized spacial score (nSPS) is 20.7. The van der Waals surface area contributed by atoms with Gasteiger partial charge in [0.1, 0.15) is 0 Å². The number of hydrogen-bond donors (Lipinski definition) is 1. The number of hydrogen-bond acceptors (Lipinski definition) is 5. The molecule has 0 radical (unpaired) electrons. The van der Waals surface area contributed by atoms with Crippen molar-refractivity contribution < 1.29 is 9.47 Å². The fraction of sp³-hybridized carbons (Fsp3) is 0.304. The summed E-state index contributed by atoms with van der Waals surface area (Å²) in [5.74, 6) is 0. The number of aromatic amines is 1. The second-order valence-corrected chi connectivity index (χ2v) is 9.93. The third-order valence-corrected chi connectivity index (χ3v) is 7.41. The number of ether oxygens (including phenoxy) is 2. The molecule has 0 saturated carbocycles. The molecule has 1 aromatic heterocycles. The van der Waals surface area contributed by atoms with Crippen LogP contribution < -0.4 is 11.2 Å². The number of nitrogens with one attached hydrogen (secondary N) is 1. The molecule has 31 heavy (non-hydrogen) atoms. The second-order valence-electron chi connectivity index (χ2n) is 7.34. The van der Waals surface area contributed by atoms with E-state index < -0.39 is 5.69 Å². The van der Waals surface area contributed by atoms with Gasteiger partial charge in [0.05, 0.1) is 40.1 Å². The van der Waals surface area contributed by atoms with E-state index in [1.165, 1.54) is 0 Å². The zero-order valence-electron chi connectivity index (χ0n) is 16.8. The average Bonchev–Trinajstić information content (AvgIpc) is 3.19. The Hall–Kier alpha value is -1.88. The van der Waals surface area contributed by atoms with Crippen LogP contribution in [0.1, 0.15) is 22.9 Å². The predicted octanol–water partition coefficient (Wildman–Crippen LogP) is 3.95. The molecular weight excluding hydrogens is 527 g/mol. The SMILES string of the molecule is O=c1[nH]c(=O)n([C@H]2C[C@H](OCc3ccccc3)[C@H](COCc3ccccc3)S2)cc1I. The highest BCUT2D eigenvalue weighted by Crippen LogP contribution is 2.42. The monoisotopic (exact) mass is 550 g/mol. The van der Waals surface area contributed by atoms with Gasteiger partial charge in [-0.15, -0.1) is 11.8 Å². The summed E-state index contributed by atoms with van der Waals surface area (Å²) in [6.07, 6.45) is 2.22. The van der Waals surface area contributed by atoms with Gasteiger partial charge in [-0.3, -0.25) is 14.3 Å². The van der Waals surface area contributed by atoms with Crippen LogP contribution in [0.5, 0.6) is 0 Å². The summed E-state index contributed by atoms with van der Waals surface area (Å²) < 4.78 is 14.3. The summed E-state index contributed by atoms with van der Waals surface area (Å²) in [6.45, 7) is 1.56. The van der Waals surface area contributed by atoms with E-state index in [0.717, 1.165) is 11.1 Å². The highest BCUT2D eigenvalue weighted by Gasteiger charge is 2.37. The first kappa shape index (κ1) is 22.3. The van der Waals surface area contributed by atoms with E-state index in [1.54, 1.807) is 22.5 Å². The molecule has 8 heteroatoms. The molecule has 1 N–H and O–H groups in total. The Morgan fingerprint density at radius 2 is 1.65 bits per heavy atom. The average molecular weight is 550 g/mol. The minimum Gasteiger partial charge on any atom is -0.376 e. The van der Waals surface area contributed by atoms with Crippen molar-refractivity contribution in [3.63, 3.8) is 0 Å². The van der Waals surface area contributed by atoms with Gasteiger partial charge >= 0.3 is 5.69 Å². The number of H-pyrrole nitrogens is 1. The van der Waals surface area contributed by atoms with Crippen LogP contribution in [0.15, 0.2) is 76.4 Å². The molecule has 0 unspecified atom stereocenters. The van der Waals surface area contributed by atoms with Crippen LogP contribution in [-0.2, 0) is 22.7 Å².